The number of aliphatic hydroxyl groups excluding tert-OH is 1. The van der Waals surface area contributed by atoms with E-state index in [-0.39, 0.29) is 19.1 Å². The van der Waals surface area contributed by atoms with Gasteiger partial charge in [0.1, 0.15) is 18.8 Å². The molecule has 7 nitrogen and oxygen atoms in total. The largest absolute Gasteiger partial charge is 0.388 e. The fourth-order valence-electron chi connectivity index (χ4n) is 2.16. The van der Waals surface area contributed by atoms with Gasteiger partial charge in [-0.05, 0) is 0 Å². The third kappa shape index (κ3) is 3.29. The Morgan fingerprint density at radius 1 is 1.70 bits per heavy atom. The van der Waals surface area contributed by atoms with Crippen LogP contribution in [0.5, 0.6) is 0 Å². The molecule has 20 heavy (non-hydrogen) atoms. The first kappa shape index (κ1) is 15.2. The number of hydrogen-bond donors (Lipinski definition) is 1. The first-order valence-corrected chi connectivity index (χ1v) is 6.63. The highest BCUT2D eigenvalue weighted by Crippen LogP contribution is 2.16. The second-order valence-corrected chi connectivity index (χ2v) is 5.17. The van der Waals surface area contributed by atoms with Crippen LogP contribution in [-0.4, -0.2) is 71.3 Å². The van der Waals surface area contributed by atoms with Crippen molar-refractivity contribution in [2.75, 3.05) is 27.4 Å². The number of halogens is 1. The Morgan fingerprint density at radius 2 is 2.45 bits per heavy atom. The average Bonchev–Trinajstić information content (AvgIpc) is 2.83. The summed E-state index contributed by atoms with van der Waals surface area (Å²) in [5.74, 6) is -0.186. The van der Waals surface area contributed by atoms with Crippen molar-refractivity contribution in [3.05, 3.63) is 17.4 Å². The number of aliphatic hydroxyl groups is 1. The summed E-state index contributed by atoms with van der Waals surface area (Å²) in [6.45, 7) is 0.665. The van der Waals surface area contributed by atoms with E-state index in [0.29, 0.717) is 11.6 Å². The summed E-state index contributed by atoms with van der Waals surface area (Å²) in [5, 5.41) is 14.6. The minimum absolute atomic E-state index is 0.0596. The van der Waals surface area contributed by atoms with Crippen LogP contribution in [-0.2, 0) is 20.8 Å². The van der Waals surface area contributed by atoms with Crippen LogP contribution in [0.25, 0.3) is 0 Å². The lowest BCUT2D eigenvalue weighted by atomic mass is 10.0. The van der Waals surface area contributed by atoms with Gasteiger partial charge in [0, 0.05) is 20.4 Å². The standard InChI is InChI=1S/C12H18ClN3O4/c1-15(9-6-20-7-10(19-2)12(9)18)11(17)5-16-4-8(13)3-14-16/h3-4,9-10,12,18H,5-7H2,1-2H3/t9-,10-,12+/m1/s1. The number of amides is 1. The quantitative estimate of drug-likeness (QED) is 0.831. The third-order valence-electron chi connectivity index (χ3n) is 3.44. The maximum atomic E-state index is 12.2. The van der Waals surface area contributed by atoms with E-state index in [1.54, 1.807) is 13.2 Å². The summed E-state index contributed by atoms with van der Waals surface area (Å²) in [6.07, 6.45) is 1.83. The molecule has 2 rings (SSSR count). The van der Waals surface area contributed by atoms with Crippen LogP contribution >= 0.6 is 11.6 Å². The monoisotopic (exact) mass is 303 g/mol. The molecule has 1 aromatic rings. The van der Waals surface area contributed by atoms with Gasteiger partial charge in [0.05, 0.1) is 30.5 Å². The molecule has 1 aromatic heterocycles. The molecule has 8 heteroatoms. The highest BCUT2D eigenvalue weighted by atomic mass is 35.5. The number of methoxy groups -OCH3 is 1. The van der Waals surface area contributed by atoms with Crippen molar-refractivity contribution in [1.29, 1.82) is 0 Å². The summed E-state index contributed by atoms with van der Waals surface area (Å²) in [7, 11) is 3.13. The molecule has 0 unspecified atom stereocenters. The Bertz CT molecular complexity index is 467. The molecule has 0 saturated carbocycles. The maximum Gasteiger partial charge on any atom is 0.244 e. The molecule has 0 radical (unpaired) electrons. The molecule has 1 aliphatic rings. The van der Waals surface area contributed by atoms with Gasteiger partial charge < -0.3 is 19.5 Å². The highest BCUT2D eigenvalue weighted by Gasteiger charge is 2.36. The zero-order chi connectivity index (χ0) is 14.7. The van der Waals surface area contributed by atoms with Gasteiger partial charge in [0.15, 0.2) is 0 Å². The van der Waals surface area contributed by atoms with Crippen LogP contribution in [0, 0.1) is 0 Å². The van der Waals surface area contributed by atoms with Crippen molar-refractivity contribution < 1.29 is 19.4 Å². The Morgan fingerprint density at radius 3 is 3.05 bits per heavy atom. The number of aromatic nitrogens is 2. The molecular formula is C12H18ClN3O4. The van der Waals surface area contributed by atoms with E-state index >= 15 is 0 Å². The number of ether oxygens (including phenoxy) is 2. The number of rotatable bonds is 4. The first-order chi connectivity index (χ1) is 9.52. The molecule has 1 saturated heterocycles. The lowest BCUT2D eigenvalue weighted by molar-refractivity contribution is -0.158. The van der Waals surface area contributed by atoms with E-state index < -0.39 is 18.2 Å². The maximum absolute atomic E-state index is 12.2. The van der Waals surface area contributed by atoms with Gasteiger partial charge in [-0.2, -0.15) is 5.10 Å². The number of carbonyl (C=O) groups is 1. The molecule has 1 N–H and O–H groups in total. The fourth-order valence-corrected chi connectivity index (χ4v) is 2.31. The van der Waals surface area contributed by atoms with Crippen molar-refractivity contribution in [2.45, 2.75) is 24.8 Å². The van der Waals surface area contributed by atoms with E-state index in [1.165, 1.54) is 22.9 Å². The van der Waals surface area contributed by atoms with Crippen LogP contribution in [0.3, 0.4) is 0 Å². The molecule has 0 aromatic carbocycles. The van der Waals surface area contributed by atoms with Crippen LogP contribution in [0.15, 0.2) is 12.4 Å². The number of hydrogen-bond acceptors (Lipinski definition) is 5. The Hall–Kier alpha value is -1.15. The summed E-state index contributed by atoms with van der Waals surface area (Å²) in [5.41, 5.74) is 0. The van der Waals surface area contributed by atoms with E-state index in [1.807, 2.05) is 0 Å². The van der Waals surface area contributed by atoms with Crippen molar-refractivity contribution in [2.24, 2.45) is 0 Å². The Balaban J connectivity index is 1.98. The second kappa shape index (κ2) is 6.53. The lowest BCUT2D eigenvalue weighted by Gasteiger charge is -2.38. The van der Waals surface area contributed by atoms with Crippen LogP contribution in [0.1, 0.15) is 0 Å². The van der Waals surface area contributed by atoms with Crippen molar-refractivity contribution >= 4 is 17.5 Å². The summed E-state index contributed by atoms with van der Waals surface area (Å²) in [4.78, 5) is 13.6. The molecular weight excluding hydrogens is 286 g/mol. The SMILES string of the molecule is CO[C@@H]1COC[C@@H](N(C)C(=O)Cn2cc(Cl)cn2)[C@@H]1O. The Labute approximate surface area is 122 Å². The molecule has 2 heterocycles. The van der Waals surface area contributed by atoms with Gasteiger partial charge in [0.2, 0.25) is 5.91 Å². The topological polar surface area (TPSA) is 76.8 Å². The molecule has 112 valence electrons. The van der Waals surface area contributed by atoms with Gasteiger partial charge in [-0.3, -0.25) is 9.48 Å². The molecule has 0 aliphatic carbocycles. The predicted molar refractivity (Wildman–Crippen MR) is 71.4 cm³/mol. The van der Waals surface area contributed by atoms with E-state index in [9.17, 15) is 9.90 Å². The number of likely N-dealkylation sites (N-methyl/N-ethyl adjacent to an activating group) is 1. The normalized spacial score (nSPS) is 26.5. The molecule has 1 amide bonds. The summed E-state index contributed by atoms with van der Waals surface area (Å²) < 4.78 is 11.9. The molecule has 1 fully saturated rings. The van der Waals surface area contributed by atoms with Crippen molar-refractivity contribution in [3.8, 4) is 0 Å². The fraction of sp³-hybridized carbons (Fsp3) is 0.667. The zero-order valence-electron chi connectivity index (χ0n) is 11.4. The Kier molecular flexibility index (Phi) is 4.98. The first-order valence-electron chi connectivity index (χ1n) is 6.25. The smallest absolute Gasteiger partial charge is 0.244 e. The van der Waals surface area contributed by atoms with E-state index in [4.69, 9.17) is 21.1 Å². The molecule has 1 aliphatic heterocycles. The molecule has 0 bridgehead atoms. The second-order valence-electron chi connectivity index (χ2n) is 4.73. The summed E-state index contributed by atoms with van der Waals surface area (Å²) in [6, 6.07) is -0.438. The van der Waals surface area contributed by atoms with E-state index in [2.05, 4.69) is 5.10 Å². The predicted octanol–water partition coefficient (Wildman–Crippen LogP) is -0.230. The van der Waals surface area contributed by atoms with Crippen LogP contribution in [0.4, 0.5) is 0 Å². The van der Waals surface area contributed by atoms with Crippen molar-refractivity contribution in [1.82, 2.24) is 14.7 Å². The highest BCUT2D eigenvalue weighted by molar-refractivity contribution is 6.30. The molecule has 3 atom stereocenters. The van der Waals surface area contributed by atoms with E-state index in [0.717, 1.165) is 0 Å². The zero-order valence-corrected chi connectivity index (χ0v) is 12.2. The average molecular weight is 304 g/mol. The minimum Gasteiger partial charge on any atom is -0.388 e. The van der Waals surface area contributed by atoms with Crippen LogP contribution in [0.2, 0.25) is 5.02 Å². The minimum atomic E-state index is -0.774. The number of nitrogens with zero attached hydrogens (tertiary/aromatic N) is 3. The summed E-state index contributed by atoms with van der Waals surface area (Å²) >= 11 is 5.75. The van der Waals surface area contributed by atoms with Gasteiger partial charge >= 0.3 is 0 Å². The van der Waals surface area contributed by atoms with Gasteiger partial charge in [-0.15, -0.1) is 0 Å². The lowest BCUT2D eigenvalue weighted by Crippen LogP contribution is -2.57. The number of carbonyl (C=O) groups excluding carboxylic acids is 1. The van der Waals surface area contributed by atoms with Gasteiger partial charge in [0.25, 0.3) is 0 Å². The van der Waals surface area contributed by atoms with Crippen LogP contribution < -0.4 is 0 Å². The van der Waals surface area contributed by atoms with Gasteiger partial charge in [-0.25, -0.2) is 0 Å². The van der Waals surface area contributed by atoms with Crippen molar-refractivity contribution in [3.63, 3.8) is 0 Å². The third-order valence-corrected chi connectivity index (χ3v) is 3.63. The van der Waals surface area contributed by atoms with Gasteiger partial charge in [-0.1, -0.05) is 11.6 Å². The molecule has 0 spiro atoms.